The number of H-pyrrole nitrogens is 1. The number of amides is 2. The second-order valence-electron chi connectivity index (χ2n) is 6.66. The summed E-state index contributed by atoms with van der Waals surface area (Å²) in [6.07, 6.45) is 2.61. The van der Waals surface area contributed by atoms with E-state index in [1.807, 2.05) is 30.5 Å². The van der Waals surface area contributed by atoms with E-state index in [-0.39, 0.29) is 18.4 Å². The maximum absolute atomic E-state index is 12.5. The zero-order chi connectivity index (χ0) is 20.8. The van der Waals surface area contributed by atoms with Crippen molar-refractivity contribution in [2.75, 3.05) is 32.6 Å². The van der Waals surface area contributed by atoms with Crippen LogP contribution in [0.3, 0.4) is 0 Å². The Balaban J connectivity index is 1.64. The average Bonchev–Trinajstić information content (AvgIpc) is 3.14. The Kier molecular flexibility index (Phi) is 6.39. The first-order valence-corrected chi connectivity index (χ1v) is 9.34. The molecule has 0 radical (unpaired) electrons. The lowest BCUT2D eigenvalue weighted by atomic mass is 10.1. The summed E-state index contributed by atoms with van der Waals surface area (Å²) in [5, 5.41) is 3.93. The molecule has 7 nitrogen and oxygen atoms in total. The van der Waals surface area contributed by atoms with Gasteiger partial charge in [-0.3, -0.25) is 9.59 Å². The Hall–Kier alpha value is -3.48. The van der Waals surface area contributed by atoms with Crippen LogP contribution in [0.25, 0.3) is 10.9 Å². The molecular formula is C22H25N3O4. The molecular weight excluding hydrogens is 370 g/mol. The number of para-hydroxylation sites is 1. The minimum Gasteiger partial charge on any atom is -0.497 e. The molecule has 0 saturated heterocycles. The highest BCUT2D eigenvalue weighted by Gasteiger charge is 2.16. The normalized spacial score (nSPS) is 10.6. The van der Waals surface area contributed by atoms with Crippen molar-refractivity contribution in [3.05, 3.63) is 54.2 Å². The van der Waals surface area contributed by atoms with Crippen LogP contribution in [-0.4, -0.2) is 49.0 Å². The number of benzene rings is 2. The number of nitrogens with zero attached hydrogens (tertiary/aromatic N) is 1. The Morgan fingerprint density at radius 3 is 2.62 bits per heavy atom. The molecule has 0 bridgehead atoms. The number of rotatable bonds is 8. The first-order chi connectivity index (χ1) is 14.0. The highest BCUT2D eigenvalue weighted by molar-refractivity contribution is 5.95. The molecule has 0 saturated carbocycles. The van der Waals surface area contributed by atoms with E-state index in [1.165, 1.54) is 18.9 Å². The third kappa shape index (κ3) is 4.87. The van der Waals surface area contributed by atoms with Crippen LogP contribution >= 0.6 is 0 Å². The molecule has 0 aliphatic rings. The first-order valence-electron chi connectivity index (χ1n) is 9.34. The van der Waals surface area contributed by atoms with Crippen molar-refractivity contribution in [2.24, 2.45) is 0 Å². The lowest BCUT2D eigenvalue weighted by molar-refractivity contribution is -0.132. The van der Waals surface area contributed by atoms with Crippen molar-refractivity contribution in [1.82, 2.24) is 9.88 Å². The van der Waals surface area contributed by atoms with Crippen molar-refractivity contribution in [3.8, 4) is 11.5 Å². The molecule has 0 aliphatic carbocycles. The summed E-state index contributed by atoms with van der Waals surface area (Å²) < 4.78 is 10.5. The van der Waals surface area contributed by atoms with E-state index in [0.717, 1.165) is 16.5 Å². The number of aromatic nitrogens is 1. The van der Waals surface area contributed by atoms with Crippen LogP contribution in [0.2, 0.25) is 0 Å². The molecule has 29 heavy (non-hydrogen) atoms. The maximum Gasteiger partial charge on any atom is 0.244 e. The smallest absolute Gasteiger partial charge is 0.244 e. The van der Waals surface area contributed by atoms with Crippen molar-refractivity contribution in [2.45, 2.75) is 13.3 Å². The van der Waals surface area contributed by atoms with Gasteiger partial charge in [0.05, 0.1) is 26.5 Å². The van der Waals surface area contributed by atoms with Crippen LogP contribution < -0.4 is 14.8 Å². The fraction of sp³-hybridized carbons (Fsp3) is 0.273. The average molecular weight is 395 g/mol. The fourth-order valence-corrected chi connectivity index (χ4v) is 3.21. The van der Waals surface area contributed by atoms with Gasteiger partial charge in [0.15, 0.2) is 0 Å². The fourth-order valence-electron chi connectivity index (χ4n) is 3.21. The molecule has 0 unspecified atom stereocenters. The van der Waals surface area contributed by atoms with Gasteiger partial charge in [-0.1, -0.05) is 18.2 Å². The maximum atomic E-state index is 12.5. The number of fused-ring (bicyclic) bond motifs is 1. The number of carbonyl (C=O) groups is 2. The lowest BCUT2D eigenvalue weighted by Crippen LogP contribution is -2.38. The van der Waals surface area contributed by atoms with Gasteiger partial charge in [-0.2, -0.15) is 0 Å². The summed E-state index contributed by atoms with van der Waals surface area (Å²) in [5.41, 5.74) is 2.70. The highest BCUT2D eigenvalue weighted by atomic mass is 16.5. The van der Waals surface area contributed by atoms with Crippen molar-refractivity contribution < 1.29 is 19.1 Å². The molecule has 3 rings (SSSR count). The van der Waals surface area contributed by atoms with E-state index in [0.29, 0.717) is 30.2 Å². The number of ether oxygens (including phenoxy) is 2. The SMILES string of the molecule is COc1ccc(NC(=O)CN(CCc2c[nH]c3ccccc23)C(C)=O)c(OC)c1. The van der Waals surface area contributed by atoms with Crippen molar-refractivity contribution >= 4 is 28.4 Å². The van der Waals surface area contributed by atoms with Gasteiger partial charge in [0.2, 0.25) is 11.8 Å². The second kappa shape index (κ2) is 9.14. The predicted molar refractivity (Wildman–Crippen MR) is 112 cm³/mol. The van der Waals surface area contributed by atoms with Crippen LogP contribution in [0.15, 0.2) is 48.7 Å². The lowest BCUT2D eigenvalue weighted by Gasteiger charge is -2.21. The molecule has 7 heteroatoms. The van der Waals surface area contributed by atoms with E-state index < -0.39 is 0 Å². The number of hydrogen-bond acceptors (Lipinski definition) is 4. The molecule has 0 fully saturated rings. The first kappa shape index (κ1) is 20.3. The molecule has 2 aromatic carbocycles. The molecule has 3 aromatic rings. The molecule has 1 heterocycles. The minimum atomic E-state index is -0.289. The van der Waals surface area contributed by atoms with E-state index in [9.17, 15) is 9.59 Å². The summed E-state index contributed by atoms with van der Waals surface area (Å²) in [6.45, 7) is 1.88. The Morgan fingerprint density at radius 1 is 1.10 bits per heavy atom. The Morgan fingerprint density at radius 2 is 1.90 bits per heavy atom. The molecule has 152 valence electrons. The third-order valence-corrected chi connectivity index (χ3v) is 4.79. The topological polar surface area (TPSA) is 83.7 Å². The molecule has 2 amide bonds. The van der Waals surface area contributed by atoms with Gasteiger partial charge in [-0.25, -0.2) is 0 Å². The number of carbonyl (C=O) groups excluding carboxylic acids is 2. The predicted octanol–water partition coefficient (Wildman–Crippen LogP) is 3.21. The van der Waals surface area contributed by atoms with Gasteiger partial charge in [0, 0.05) is 36.6 Å². The van der Waals surface area contributed by atoms with Crippen LogP contribution in [-0.2, 0) is 16.0 Å². The van der Waals surface area contributed by atoms with Gasteiger partial charge >= 0.3 is 0 Å². The highest BCUT2D eigenvalue weighted by Crippen LogP contribution is 2.29. The summed E-state index contributed by atoms with van der Waals surface area (Å²) in [5.74, 6) is 0.680. The van der Waals surface area contributed by atoms with Gasteiger partial charge in [0.25, 0.3) is 0 Å². The standard InChI is InChI=1S/C22H25N3O4/c1-15(26)25(11-10-16-13-23-19-7-5-4-6-18(16)19)14-22(27)24-20-9-8-17(28-2)12-21(20)29-3/h4-9,12-13,23H,10-11,14H2,1-3H3,(H,24,27). The largest absolute Gasteiger partial charge is 0.497 e. The van der Waals surface area contributed by atoms with E-state index in [1.54, 1.807) is 25.3 Å². The molecule has 0 aliphatic heterocycles. The number of aromatic amines is 1. The number of anilines is 1. The Labute approximate surface area is 169 Å². The summed E-state index contributed by atoms with van der Waals surface area (Å²) in [6, 6.07) is 13.1. The summed E-state index contributed by atoms with van der Waals surface area (Å²) in [7, 11) is 3.08. The van der Waals surface area contributed by atoms with Crippen molar-refractivity contribution in [3.63, 3.8) is 0 Å². The molecule has 1 aromatic heterocycles. The quantitative estimate of drug-likeness (QED) is 0.613. The van der Waals surface area contributed by atoms with E-state index in [4.69, 9.17) is 9.47 Å². The molecule has 0 spiro atoms. The van der Waals surface area contributed by atoms with Crippen molar-refractivity contribution in [1.29, 1.82) is 0 Å². The molecule has 0 atom stereocenters. The van der Waals surface area contributed by atoms with E-state index in [2.05, 4.69) is 10.3 Å². The van der Waals surface area contributed by atoms with Crippen LogP contribution in [0.1, 0.15) is 12.5 Å². The van der Waals surface area contributed by atoms with E-state index >= 15 is 0 Å². The number of hydrogen-bond donors (Lipinski definition) is 2. The van der Waals surface area contributed by atoms with Gasteiger partial charge in [0.1, 0.15) is 11.5 Å². The van der Waals surface area contributed by atoms with Crippen LogP contribution in [0.4, 0.5) is 5.69 Å². The zero-order valence-electron chi connectivity index (χ0n) is 16.8. The van der Waals surface area contributed by atoms with Gasteiger partial charge in [-0.05, 0) is 30.2 Å². The number of methoxy groups -OCH3 is 2. The minimum absolute atomic E-state index is 0.0348. The monoisotopic (exact) mass is 395 g/mol. The third-order valence-electron chi connectivity index (χ3n) is 4.79. The van der Waals surface area contributed by atoms with Crippen LogP contribution in [0, 0.1) is 0 Å². The van der Waals surface area contributed by atoms with Gasteiger partial charge in [-0.15, -0.1) is 0 Å². The van der Waals surface area contributed by atoms with Crippen LogP contribution in [0.5, 0.6) is 11.5 Å². The summed E-state index contributed by atoms with van der Waals surface area (Å²) in [4.78, 5) is 29.3. The number of nitrogens with one attached hydrogen (secondary N) is 2. The van der Waals surface area contributed by atoms with Gasteiger partial charge < -0.3 is 24.7 Å². The Bertz CT molecular complexity index is 1010. The molecule has 2 N–H and O–H groups in total. The summed E-state index contributed by atoms with van der Waals surface area (Å²) >= 11 is 0. The zero-order valence-corrected chi connectivity index (χ0v) is 16.8. The second-order valence-corrected chi connectivity index (χ2v) is 6.66.